The highest BCUT2D eigenvalue weighted by Crippen LogP contribution is 2.28. The molecule has 8 heteroatoms. The van der Waals surface area contributed by atoms with Gasteiger partial charge in [-0.05, 0) is 47.0 Å². The first-order valence-electron chi connectivity index (χ1n) is 10.0. The Labute approximate surface area is 163 Å². The van der Waals surface area contributed by atoms with Gasteiger partial charge in [0.1, 0.15) is 5.60 Å². The zero-order valence-electron chi connectivity index (χ0n) is 17.6. The maximum absolute atomic E-state index is 12.3. The van der Waals surface area contributed by atoms with E-state index in [1.54, 1.807) is 4.90 Å². The summed E-state index contributed by atoms with van der Waals surface area (Å²) in [7, 11) is 0. The van der Waals surface area contributed by atoms with Crippen molar-refractivity contribution < 1.29 is 14.3 Å². The number of hydrogen-bond acceptors (Lipinski definition) is 4. The molecule has 156 valence electrons. The van der Waals surface area contributed by atoms with Gasteiger partial charge in [0.05, 0.1) is 6.54 Å². The van der Waals surface area contributed by atoms with Gasteiger partial charge in [-0.15, -0.1) is 0 Å². The standard InChI is InChI=1S/C19H37N5O3/c1-6-13-24(18(26)27-19(3,4)5)14-12-23-17(20-7-2)22-11-10-21-16(25)15-8-9-15/h15H,6-14H2,1-5H3,(H,21,25)(H2,20,22,23). The third-order valence-electron chi connectivity index (χ3n) is 3.79. The summed E-state index contributed by atoms with van der Waals surface area (Å²) >= 11 is 0. The Morgan fingerprint density at radius 2 is 1.78 bits per heavy atom. The molecule has 1 fully saturated rings. The molecular formula is C19H37N5O3. The van der Waals surface area contributed by atoms with Crippen molar-refractivity contribution >= 4 is 18.0 Å². The van der Waals surface area contributed by atoms with E-state index in [1.807, 2.05) is 34.6 Å². The van der Waals surface area contributed by atoms with Gasteiger partial charge in [-0.1, -0.05) is 6.92 Å². The van der Waals surface area contributed by atoms with Crippen molar-refractivity contribution in [3.8, 4) is 0 Å². The van der Waals surface area contributed by atoms with Crippen LogP contribution in [-0.4, -0.2) is 67.7 Å². The fourth-order valence-corrected chi connectivity index (χ4v) is 2.38. The normalized spacial score (nSPS) is 14.5. The number of rotatable bonds is 10. The zero-order chi connectivity index (χ0) is 20.3. The van der Waals surface area contributed by atoms with Gasteiger partial charge in [-0.2, -0.15) is 0 Å². The number of guanidine groups is 1. The third kappa shape index (κ3) is 10.7. The number of amides is 2. The largest absolute Gasteiger partial charge is 0.444 e. The maximum atomic E-state index is 12.3. The first-order valence-corrected chi connectivity index (χ1v) is 10.0. The van der Waals surface area contributed by atoms with Crippen LogP contribution < -0.4 is 16.0 Å². The van der Waals surface area contributed by atoms with Gasteiger partial charge in [0.2, 0.25) is 5.91 Å². The van der Waals surface area contributed by atoms with Crippen molar-refractivity contribution in [1.29, 1.82) is 0 Å². The minimum Gasteiger partial charge on any atom is -0.444 e. The van der Waals surface area contributed by atoms with Crippen molar-refractivity contribution in [2.45, 2.75) is 59.5 Å². The molecule has 1 aliphatic carbocycles. The second kappa shape index (κ2) is 11.7. The van der Waals surface area contributed by atoms with Crippen molar-refractivity contribution in [2.75, 3.05) is 39.3 Å². The van der Waals surface area contributed by atoms with Crippen LogP contribution in [0.4, 0.5) is 4.79 Å². The molecule has 3 N–H and O–H groups in total. The van der Waals surface area contributed by atoms with Crippen molar-refractivity contribution in [2.24, 2.45) is 10.9 Å². The molecule has 0 saturated heterocycles. The number of ether oxygens (including phenoxy) is 1. The van der Waals surface area contributed by atoms with Gasteiger partial charge in [0.25, 0.3) is 0 Å². The molecule has 0 heterocycles. The fourth-order valence-electron chi connectivity index (χ4n) is 2.38. The van der Waals surface area contributed by atoms with Crippen LogP contribution in [0.1, 0.15) is 53.9 Å². The Kier molecular flexibility index (Phi) is 9.96. The first kappa shape index (κ1) is 23.0. The molecule has 2 amide bonds. The quantitative estimate of drug-likeness (QED) is 0.303. The van der Waals surface area contributed by atoms with E-state index < -0.39 is 5.60 Å². The number of nitrogens with zero attached hydrogens (tertiary/aromatic N) is 2. The number of carbonyl (C=O) groups excluding carboxylic acids is 2. The van der Waals surface area contributed by atoms with Crippen molar-refractivity contribution in [1.82, 2.24) is 20.9 Å². The highest BCUT2D eigenvalue weighted by atomic mass is 16.6. The second-order valence-electron chi connectivity index (χ2n) is 7.72. The molecule has 0 unspecified atom stereocenters. The minimum absolute atomic E-state index is 0.135. The molecule has 0 aliphatic heterocycles. The minimum atomic E-state index is -0.502. The molecule has 1 aliphatic rings. The lowest BCUT2D eigenvalue weighted by molar-refractivity contribution is -0.122. The molecule has 0 aromatic rings. The highest BCUT2D eigenvalue weighted by Gasteiger charge is 2.29. The average Bonchev–Trinajstić information content (AvgIpc) is 3.41. The summed E-state index contributed by atoms with van der Waals surface area (Å²) in [5.41, 5.74) is -0.502. The van der Waals surface area contributed by atoms with Crippen LogP contribution in [0.5, 0.6) is 0 Å². The van der Waals surface area contributed by atoms with E-state index in [9.17, 15) is 9.59 Å². The van der Waals surface area contributed by atoms with Gasteiger partial charge >= 0.3 is 6.09 Å². The number of aliphatic imine (C=N–C) groups is 1. The summed E-state index contributed by atoms with van der Waals surface area (Å²) in [6.07, 6.45) is 2.58. The summed E-state index contributed by atoms with van der Waals surface area (Å²) in [6.45, 7) is 13.2. The Hall–Kier alpha value is -1.99. The predicted octanol–water partition coefficient (Wildman–Crippen LogP) is 1.71. The smallest absolute Gasteiger partial charge is 0.410 e. The van der Waals surface area contributed by atoms with E-state index in [4.69, 9.17) is 4.74 Å². The van der Waals surface area contributed by atoms with E-state index in [1.165, 1.54) is 0 Å². The predicted molar refractivity (Wildman–Crippen MR) is 108 cm³/mol. The monoisotopic (exact) mass is 383 g/mol. The Morgan fingerprint density at radius 1 is 1.07 bits per heavy atom. The van der Waals surface area contributed by atoms with E-state index in [0.29, 0.717) is 38.7 Å². The molecule has 0 spiro atoms. The SMILES string of the molecule is CCCN(CCNC(=NCCNC(=O)C1CC1)NCC)C(=O)OC(C)(C)C. The topological polar surface area (TPSA) is 95.1 Å². The van der Waals surface area contributed by atoms with E-state index >= 15 is 0 Å². The van der Waals surface area contributed by atoms with Crippen LogP contribution >= 0.6 is 0 Å². The van der Waals surface area contributed by atoms with Gasteiger partial charge in [0, 0.05) is 38.6 Å². The van der Waals surface area contributed by atoms with Crippen LogP contribution in [0, 0.1) is 5.92 Å². The van der Waals surface area contributed by atoms with Gasteiger partial charge in [-0.25, -0.2) is 4.79 Å². The van der Waals surface area contributed by atoms with Crippen molar-refractivity contribution in [3.05, 3.63) is 0 Å². The zero-order valence-corrected chi connectivity index (χ0v) is 17.6. The Balaban J connectivity index is 2.39. The first-order chi connectivity index (χ1) is 12.8. The van der Waals surface area contributed by atoms with Crippen LogP contribution in [0.25, 0.3) is 0 Å². The summed E-state index contributed by atoms with van der Waals surface area (Å²) < 4.78 is 5.46. The molecule has 8 nitrogen and oxygen atoms in total. The lowest BCUT2D eigenvalue weighted by Gasteiger charge is -2.27. The summed E-state index contributed by atoms with van der Waals surface area (Å²) in [6, 6.07) is 0. The van der Waals surface area contributed by atoms with E-state index in [-0.39, 0.29) is 17.9 Å². The van der Waals surface area contributed by atoms with Gasteiger partial charge in [-0.3, -0.25) is 9.79 Å². The van der Waals surface area contributed by atoms with Gasteiger partial charge < -0.3 is 25.6 Å². The maximum Gasteiger partial charge on any atom is 0.410 e. The van der Waals surface area contributed by atoms with E-state index in [0.717, 1.165) is 25.8 Å². The lowest BCUT2D eigenvalue weighted by Crippen LogP contribution is -2.44. The fraction of sp³-hybridized carbons (Fsp3) is 0.842. The average molecular weight is 384 g/mol. The third-order valence-corrected chi connectivity index (χ3v) is 3.79. The second-order valence-corrected chi connectivity index (χ2v) is 7.72. The number of nitrogens with one attached hydrogen (secondary N) is 3. The molecule has 0 atom stereocenters. The Morgan fingerprint density at radius 3 is 2.33 bits per heavy atom. The van der Waals surface area contributed by atoms with Crippen LogP contribution in [0.2, 0.25) is 0 Å². The molecule has 1 saturated carbocycles. The van der Waals surface area contributed by atoms with Crippen molar-refractivity contribution in [3.63, 3.8) is 0 Å². The molecular weight excluding hydrogens is 346 g/mol. The lowest BCUT2D eigenvalue weighted by atomic mass is 10.2. The van der Waals surface area contributed by atoms with E-state index in [2.05, 4.69) is 20.9 Å². The molecule has 0 aromatic heterocycles. The molecule has 0 bridgehead atoms. The van der Waals surface area contributed by atoms with Crippen LogP contribution in [0.3, 0.4) is 0 Å². The molecule has 0 radical (unpaired) electrons. The molecule has 27 heavy (non-hydrogen) atoms. The highest BCUT2D eigenvalue weighted by molar-refractivity contribution is 5.81. The number of carbonyl (C=O) groups is 2. The Bertz CT molecular complexity index is 498. The van der Waals surface area contributed by atoms with Gasteiger partial charge in [0.15, 0.2) is 5.96 Å². The summed E-state index contributed by atoms with van der Waals surface area (Å²) in [5, 5.41) is 9.30. The number of hydrogen-bond donors (Lipinski definition) is 3. The van der Waals surface area contributed by atoms with Crippen LogP contribution in [-0.2, 0) is 9.53 Å². The molecule has 1 rings (SSSR count). The molecule has 0 aromatic carbocycles. The summed E-state index contributed by atoms with van der Waals surface area (Å²) in [5.74, 6) is 1.03. The summed E-state index contributed by atoms with van der Waals surface area (Å²) in [4.78, 5) is 30.0. The van der Waals surface area contributed by atoms with Crippen LogP contribution in [0.15, 0.2) is 4.99 Å².